The molecule has 0 radical (unpaired) electrons. The van der Waals surface area contributed by atoms with Gasteiger partial charge in [-0.3, -0.25) is 14.4 Å². The number of nitrogens with zero attached hydrogens (tertiary/aromatic N) is 3. The standard InChI is InChI=1S/C18H18ClN3O2/c1-11(2)10-22-17(23)15(8-20)12(3)16(18(22)24)9-21-14-6-4-5-13(19)7-14/h4-7,9,11,24H,10H2,1-3H3. The molecule has 0 fully saturated rings. The van der Waals surface area contributed by atoms with E-state index in [0.717, 1.165) is 0 Å². The van der Waals surface area contributed by atoms with Gasteiger partial charge in [0.15, 0.2) is 0 Å². The lowest BCUT2D eigenvalue weighted by Crippen LogP contribution is -2.27. The van der Waals surface area contributed by atoms with Crippen molar-refractivity contribution >= 4 is 23.5 Å². The van der Waals surface area contributed by atoms with E-state index in [1.54, 1.807) is 31.2 Å². The SMILES string of the molecule is Cc1c(C=Nc2cccc(Cl)c2)c(O)n(CC(C)C)c(=O)c1C#N. The first-order valence-electron chi connectivity index (χ1n) is 7.51. The van der Waals surface area contributed by atoms with E-state index in [0.29, 0.717) is 28.4 Å². The van der Waals surface area contributed by atoms with Crippen molar-refractivity contribution in [2.24, 2.45) is 10.9 Å². The maximum Gasteiger partial charge on any atom is 0.271 e. The van der Waals surface area contributed by atoms with Gasteiger partial charge >= 0.3 is 0 Å². The van der Waals surface area contributed by atoms with Crippen molar-refractivity contribution in [3.05, 3.63) is 56.3 Å². The van der Waals surface area contributed by atoms with Gasteiger partial charge in [-0.1, -0.05) is 31.5 Å². The highest BCUT2D eigenvalue weighted by molar-refractivity contribution is 6.30. The molecule has 6 heteroatoms. The summed E-state index contributed by atoms with van der Waals surface area (Å²) < 4.78 is 1.22. The van der Waals surface area contributed by atoms with Crippen LogP contribution in [-0.4, -0.2) is 15.9 Å². The molecule has 1 aromatic carbocycles. The number of pyridine rings is 1. The van der Waals surface area contributed by atoms with Gasteiger partial charge in [0, 0.05) is 17.8 Å². The molecule has 0 aliphatic rings. The van der Waals surface area contributed by atoms with E-state index in [1.807, 2.05) is 19.9 Å². The van der Waals surface area contributed by atoms with Crippen LogP contribution in [0.2, 0.25) is 5.02 Å². The van der Waals surface area contributed by atoms with Gasteiger partial charge in [-0.05, 0) is 36.6 Å². The normalized spacial score (nSPS) is 11.2. The molecule has 1 heterocycles. The summed E-state index contributed by atoms with van der Waals surface area (Å²) in [4.78, 5) is 16.7. The summed E-state index contributed by atoms with van der Waals surface area (Å²) in [5.74, 6) is -0.0449. The molecule has 0 atom stereocenters. The zero-order chi connectivity index (χ0) is 17.9. The molecular weight excluding hydrogens is 326 g/mol. The maximum absolute atomic E-state index is 12.4. The molecule has 0 aliphatic heterocycles. The molecule has 1 N–H and O–H groups in total. The molecule has 0 spiro atoms. The number of rotatable bonds is 4. The molecule has 24 heavy (non-hydrogen) atoms. The Bertz CT molecular complexity index is 892. The van der Waals surface area contributed by atoms with E-state index in [9.17, 15) is 15.2 Å². The summed E-state index contributed by atoms with van der Waals surface area (Å²) in [6.45, 7) is 5.80. The van der Waals surface area contributed by atoms with Gasteiger partial charge in [0.25, 0.3) is 5.56 Å². The first-order chi connectivity index (χ1) is 11.3. The topological polar surface area (TPSA) is 78.4 Å². The van der Waals surface area contributed by atoms with E-state index < -0.39 is 5.56 Å². The smallest absolute Gasteiger partial charge is 0.271 e. The van der Waals surface area contributed by atoms with Crippen LogP contribution in [0.3, 0.4) is 0 Å². The van der Waals surface area contributed by atoms with Gasteiger partial charge in [0.05, 0.1) is 11.3 Å². The van der Waals surface area contributed by atoms with Crippen LogP contribution in [0.4, 0.5) is 5.69 Å². The van der Waals surface area contributed by atoms with Crippen LogP contribution in [0.5, 0.6) is 5.88 Å². The summed E-state index contributed by atoms with van der Waals surface area (Å²) in [5.41, 5.74) is 0.904. The average Bonchev–Trinajstić information content (AvgIpc) is 2.52. The molecule has 2 rings (SSSR count). The van der Waals surface area contributed by atoms with Crippen molar-refractivity contribution in [1.82, 2.24) is 4.57 Å². The van der Waals surface area contributed by atoms with Crippen molar-refractivity contribution in [2.75, 3.05) is 0 Å². The van der Waals surface area contributed by atoms with Gasteiger partial charge in [0.2, 0.25) is 5.88 Å². The third-order valence-corrected chi connectivity index (χ3v) is 3.78. The Labute approximate surface area is 145 Å². The predicted octanol–water partition coefficient (Wildman–Crippen LogP) is 3.79. The van der Waals surface area contributed by atoms with Crippen LogP contribution in [0.25, 0.3) is 0 Å². The minimum atomic E-state index is -0.485. The summed E-state index contributed by atoms with van der Waals surface area (Å²) in [6.07, 6.45) is 1.45. The van der Waals surface area contributed by atoms with Crippen LogP contribution in [0.15, 0.2) is 34.1 Å². The molecule has 1 aromatic heterocycles. The monoisotopic (exact) mass is 343 g/mol. The number of halogens is 1. The van der Waals surface area contributed by atoms with Crippen LogP contribution < -0.4 is 5.56 Å². The van der Waals surface area contributed by atoms with E-state index in [-0.39, 0.29) is 17.4 Å². The Morgan fingerprint density at radius 1 is 1.46 bits per heavy atom. The minimum Gasteiger partial charge on any atom is -0.494 e. The lowest BCUT2D eigenvalue weighted by atomic mass is 10.1. The molecule has 0 saturated carbocycles. The second-order valence-corrected chi connectivity index (χ2v) is 6.33. The molecule has 2 aromatic rings. The van der Waals surface area contributed by atoms with Gasteiger partial charge in [-0.15, -0.1) is 0 Å². The van der Waals surface area contributed by atoms with Crippen LogP contribution in [0, 0.1) is 24.2 Å². The molecule has 0 bridgehead atoms. The summed E-state index contributed by atoms with van der Waals surface area (Å²) >= 11 is 5.93. The second-order valence-electron chi connectivity index (χ2n) is 5.90. The lowest BCUT2D eigenvalue weighted by Gasteiger charge is -2.15. The van der Waals surface area contributed by atoms with Crippen molar-refractivity contribution in [1.29, 1.82) is 5.26 Å². The summed E-state index contributed by atoms with van der Waals surface area (Å²) in [5, 5.41) is 20.3. The largest absolute Gasteiger partial charge is 0.494 e. The maximum atomic E-state index is 12.4. The highest BCUT2D eigenvalue weighted by atomic mass is 35.5. The molecule has 124 valence electrons. The van der Waals surface area contributed by atoms with Crippen molar-refractivity contribution < 1.29 is 5.11 Å². The Hall–Kier alpha value is -2.58. The van der Waals surface area contributed by atoms with Gasteiger partial charge in [-0.2, -0.15) is 5.26 Å². The van der Waals surface area contributed by atoms with Gasteiger partial charge in [-0.25, -0.2) is 0 Å². The van der Waals surface area contributed by atoms with Crippen LogP contribution >= 0.6 is 11.6 Å². The summed E-state index contributed by atoms with van der Waals surface area (Å²) in [6, 6.07) is 8.88. The fourth-order valence-corrected chi connectivity index (χ4v) is 2.54. The first kappa shape index (κ1) is 17.8. The van der Waals surface area contributed by atoms with E-state index in [4.69, 9.17) is 11.6 Å². The zero-order valence-corrected chi connectivity index (χ0v) is 14.5. The second kappa shape index (κ2) is 7.33. The molecule has 0 saturated heterocycles. The fourth-order valence-electron chi connectivity index (χ4n) is 2.36. The molecule has 5 nitrogen and oxygen atoms in total. The van der Waals surface area contributed by atoms with Crippen molar-refractivity contribution in [2.45, 2.75) is 27.3 Å². The Balaban J connectivity index is 2.61. The van der Waals surface area contributed by atoms with Crippen LogP contribution in [-0.2, 0) is 6.54 Å². The van der Waals surface area contributed by atoms with Gasteiger partial charge < -0.3 is 5.11 Å². The number of hydrogen-bond donors (Lipinski definition) is 1. The zero-order valence-electron chi connectivity index (χ0n) is 13.7. The molecule has 0 aliphatic carbocycles. The number of hydrogen-bond acceptors (Lipinski definition) is 4. The predicted molar refractivity (Wildman–Crippen MR) is 95.4 cm³/mol. The lowest BCUT2D eigenvalue weighted by molar-refractivity contribution is 0.381. The van der Waals surface area contributed by atoms with E-state index in [1.165, 1.54) is 10.8 Å². The summed E-state index contributed by atoms with van der Waals surface area (Å²) in [7, 11) is 0. The number of benzene rings is 1. The third-order valence-electron chi connectivity index (χ3n) is 3.55. The highest BCUT2D eigenvalue weighted by Crippen LogP contribution is 2.23. The van der Waals surface area contributed by atoms with E-state index in [2.05, 4.69) is 4.99 Å². The average molecular weight is 344 g/mol. The van der Waals surface area contributed by atoms with Crippen LogP contribution in [0.1, 0.15) is 30.5 Å². The highest BCUT2D eigenvalue weighted by Gasteiger charge is 2.18. The third kappa shape index (κ3) is 3.66. The van der Waals surface area contributed by atoms with Crippen molar-refractivity contribution in [3.8, 4) is 11.9 Å². The fraction of sp³-hybridized carbons (Fsp3) is 0.278. The van der Waals surface area contributed by atoms with Crippen molar-refractivity contribution in [3.63, 3.8) is 0 Å². The quantitative estimate of drug-likeness (QED) is 0.858. The van der Waals surface area contributed by atoms with Gasteiger partial charge in [0.1, 0.15) is 11.6 Å². The molecule has 0 unspecified atom stereocenters. The Kier molecular flexibility index (Phi) is 5.42. The Morgan fingerprint density at radius 3 is 2.75 bits per heavy atom. The molecule has 0 amide bonds. The number of nitriles is 1. The number of aromatic nitrogens is 1. The first-order valence-corrected chi connectivity index (χ1v) is 7.89. The molecular formula is C18H18ClN3O2. The minimum absolute atomic E-state index is 0.0148. The van der Waals surface area contributed by atoms with E-state index >= 15 is 0 Å². The Morgan fingerprint density at radius 2 is 2.17 bits per heavy atom. The number of aliphatic imine (C=N–C) groups is 1. The number of aromatic hydroxyl groups is 1.